The standard InChI is InChI=1S/C26H24N4O4/c1-26(2,3)24-21-22(27-28-24)25(32)30(23(21)18-7-5-6-8-19(18)33-4)17-11-9-15(10-12-17)20-13-16(14-31)29-34-20/h5-14,23H,1-4H3,(H,27,28). The van der Waals surface area contributed by atoms with Gasteiger partial charge in [-0.3, -0.25) is 19.6 Å². The molecular weight excluding hydrogens is 432 g/mol. The number of H-pyrrole nitrogens is 1. The zero-order chi connectivity index (χ0) is 24.0. The van der Waals surface area contributed by atoms with Crippen LogP contribution >= 0.6 is 0 Å². The van der Waals surface area contributed by atoms with Gasteiger partial charge in [0.2, 0.25) is 0 Å². The Bertz CT molecular complexity index is 1380. The highest BCUT2D eigenvalue weighted by Gasteiger charge is 2.45. The number of aromatic nitrogens is 3. The van der Waals surface area contributed by atoms with Crippen molar-refractivity contribution in [3.8, 4) is 17.1 Å². The lowest BCUT2D eigenvalue weighted by atomic mass is 9.85. The van der Waals surface area contributed by atoms with Crippen molar-refractivity contribution in [3.05, 3.63) is 82.8 Å². The summed E-state index contributed by atoms with van der Waals surface area (Å²) in [6, 6.07) is 16.3. The van der Waals surface area contributed by atoms with E-state index in [-0.39, 0.29) is 17.0 Å². The zero-order valence-corrected chi connectivity index (χ0v) is 19.3. The predicted octanol–water partition coefficient (Wildman–Crippen LogP) is 4.93. The van der Waals surface area contributed by atoms with Gasteiger partial charge in [0.25, 0.3) is 5.91 Å². The van der Waals surface area contributed by atoms with Crippen LogP contribution in [-0.2, 0) is 5.41 Å². The fourth-order valence-corrected chi connectivity index (χ4v) is 4.44. The second kappa shape index (κ2) is 7.98. The van der Waals surface area contributed by atoms with Gasteiger partial charge in [-0.1, -0.05) is 44.1 Å². The monoisotopic (exact) mass is 456 g/mol. The Balaban J connectivity index is 1.64. The Kier molecular flexibility index (Phi) is 5.08. The molecule has 8 nitrogen and oxygen atoms in total. The first-order valence-electron chi connectivity index (χ1n) is 10.9. The van der Waals surface area contributed by atoms with Crippen LogP contribution in [-0.4, -0.2) is 34.7 Å². The molecule has 1 amide bonds. The van der Waals surface area contributed by atoms with E-state index >= 15 is 0 Å². The number of carbonyl (C=O) groups is 2. The predicted molar refractivity (Wildman–Crippen MR) is 126 cm³/mol. The molecule has 1 atom stereocenters. The first-order chi connectivity index (χ1) is 16.3. The van der Waals surface area contributed by atoms with E-state index in [1.54, 1.807) is 18.1 Å². The zero-order valence-electron chi connectivity index (χ0n) is 19.3. The third-order valence-corrected chi connectivity index (χ3v) is 5.99. The molecule has 0 aliphatic carbocycles. The van der Waals surface area contributed by atoms with Crippen molar-refractivity contribution in [2.75, 3.05) is 12.0 Å². The van der Waals surface area contributed by atoms with Crippen LogP contribution in [0, 0.1) is 0 Å². The van der Waals surface area contributed by atoms with Gasteiger partial charge in [-0.15, -0.1) is 0 Å². The van der Waals surface area contributed by atoms with Gasteiger partial charge in [0, 0.05) is 33.9 Å². The molecule has 0 saturated carbocycles. The van der Waals surface area contributed by atoms with Gasteiger partial charge in [0.1, 0.15) is 17.1 Å². The van der Waals surface area contributed by atoms with E-state index in [0.29, 0.717) is 29.2 Å². The van der Waals surface area contributed by atoms with E-state index in [1.165, 1.54) is 0 Å². The summed E-state index contributed by atoms with van der Waals surface area (Å²) in [4.78, 5) is 26.4. The molecule has 4 aromatic rings. The minimum atomic E-state index is -0.413. The maximum atomic E-state index is 13.7. The van der Waals surface area contributed by atoms with Crippen molar-refractivity contribution in [2.45, 2.75) is 32.2 Å². The van der Waals surface area contributed by atoms with Crippen molar-refractivity contribution in [3.63, 3.8) is 0 Å². The van der Waals surface area contributed by atoms with E-state index in [9.17, 15) is 9.59 Å². The smallest absolute Gasteiger partial charge is 0.277 e. The summed E-state index contributed by atoms with van der Waals surface area (Å²) >= 11 is 0. The number of benzene rings is 2. The lowest BCUT2D eigenvalue weighted by molar-refractivity contribution is 0.0988. The van der Waals surface area contributed by atoms with Crippen molar-refractivity contribution in [1.29, 1.82) is 0 Å². The van der Waals surface area contributed by atoms with Crippen molar-refractivity contribution in [2.24, 2.45) is 0 Å². The SMILES string of the molecule is COc1ccccc1C1c2c(C(C)(C)C)n[nH]c2C(=O)N1c1ccc(-c2cc(C=O)no2)cc1. The molecule has 0 radical (unpaired) electrons. The summed E-state index contributed by atoms with van der Waals surface area (Å²) in [6.45, 7) is 6.24. The van der Waals surface area contributed by atoms with Crippen LogP contribution in [0.3, 0.4) is 0 Å². The van der Waals surface area contributed by atoms with Crippen LogP contribution in [0.5, 0.6) is 5.75 Å². The number of nitrogens with zero attached hydrogens (tertiary/aromatic N) is 3. The number of ether oxygens (including phenoxy) is 1. The Morgan fingerprint density at radius 1 is 1.12 bits per heavy atom. The van der Waals surface area contributed by atoms with Crippen molar-refractivity contribution >= 4 is 17.9 Å². The second-order valence-electron chi connectivity index (χ2n) is 9.21. The lowest BCUT2D eigenvalue weighted by Crippen LogP contribution is -2.30. The van der Waals surface area contributed by atoms with Crippen LogP contribution < -0.4 is 9.64 Å². The van der Waals surface area contributed by atoms with Gasteiger partial charge in [-0.05, 0) is 30.3 Å². The summed E-state index contributed by atoms with van der Waals surface area (Å²) in [5, 5.41) is 11.2. The Hall–Kier alpha value is -4.20. The molecule has 0 bridgehead atoms. The number of para-hydroxylation sites is 1. The number of amides is 1. The molecule has 1 aliphatic rings. The molecule has 2 aromatic heterocycles. The third kappa shape index (κ3) is 3.39. The Labute approximate surface area is 196 Å². The number of hydrogen-bond donors (Lipinski definition) is 1. The van der Waals surface area contributed by atoms with Crippen molar-refractivity contribution in [1.82, 2.24) is 15.4 Å². The molecule has 8 heteroatoms. The van der Waals surface area contributed by atoms with E-state index in [1.807, 2.05) is 48.5 Å². The number of carbonyl (C=O) groups excluding carboxylic acids is 2. The normalized spacial score (nSPS) is 15.5. The Morgan fingerprint density at radius 3 is 2.50 bits per heavy atom. The number of rotatable bonds is 5. The highest BCUT2D eigenvalue weighted by atomic mass is 16.5. The maximum Gasteiger partial charge on any atom is 0.277 e. The minimum absolute atomic E-state index is 0.162. The molecule has 1 unspecified atom stereocenters. The van der Waals surface area contributed by atoms with Gasteiger partial charge in [-0.2, -0.15) is 5.10 Å². The van der Waals surface area contributed by atoms with E-state index in [4.69, 9.17) is 9.26 Å². The van der Waals surface area contributed by atoms with E-state index in [0.717, 1.165) is 22.4 Å². The third-order valence-electron chi connectivity index (χ3n) is 5.99. The quantitative estimate of drug-likeness (QED) is 0.427. The molecule has 5 rings (SSSR count). The van der Waals surface area contributed by atoms with Crippen LogP contribution in [0.1, 0.15) is 64.6 Å². The number of methoxy groups -OCH3 is 1. The molecular formula is C26H24N4O4. The highest BCUT2D eigenvalue weighted by molar-refractivity contribution is 6.11. The topological polar surface area (TPSA) is 101 Å². The summed E-state index contributed by atoms with van der Waals surface area (Å²) in [6.07, 6.45) is 0.636. The van der Waals surface area contributed by atoms with E-state index < -0.39 is 6.04 Å². The number of anilines is 1. The number of nitrogens with one attached hydrogen (secondary N) is 1. The summed E-state index contributed by atoms with van der Waals surface area (Å²) < 4.78 is 10.9. The van der Waals surface area contributed by atoms with Gasteiger partial charge in [0.15, 0.2) is 12.0 Å². The minimum Gasteiger partial charge on any atom is -0.496 e. The number of hydrogen-bond acceptors (Lipinski definition) is 6. The highest BCUT2D eigenvalue weighted by Crippen LogP contribution is 2.47. The summed E-state index contributed by atoms with van der Waals surface area (Å²) in [5.41, 5.74) is 4.48. The number of fused-ring (bicyclic) bond motifs is 1. The van der Waals surface area contributed by atoms with Crippen LogP contribution in [0.4, 0.5) is 5.69 Å². The van der Waals surface area contributed by atoms with Crippen LogP contribution in [0.25, 0.3) is 11.3 Å². The van der Waals surface area contributed by atoms with Gasteiger partial charge < -0.3 is 9.26 Å². The van der Waals surface area contributed by atoms with Gasteiger partial charge >= 0.3 is 0 Å². The molecule has 1 N–H and O–H groups in total. The van der Waals surface area contributed by atoms with Gasteiger partial charge in [0.05, 0.1) is 18.8 Å². The van der Waals surface area contributed by atoms with Crippen LogP contribution in [0.2, 0.25) is 0 Å². The second-order valence-corrected chi connectivity index (χ2v) is 9.21. The molecule has 172 valence electrons. The molecule has 0 saturated heterocycles. The molecule has 1 aliphatic heterocycles. The molecule has 2 aromatic carbocycles. The molecule has 3 heterocycles. The fourth-order valence-electron chi connectivity index (χ4n) is 4.44. The summed E-state index contributed by atoms with van der Waals surface area (Å²) in [5.74, 6) is 1.01. The number of aldehydes is 1. The first-order valence-corrected chi connectivity index (χ1v) is 10.9. The van der Waals surface area contributed by atoms with E-state index in [2.05, 4.69) is 36.1 Å². The molecule has 34 heavy (non-hydrogen) atoms. The van der Waals surface area contributed by atoms with Crippen molar-refractivity contribution < 1.29 is 18.8 Å². The average Bonchev–Trinajstić information content (AvgIpc) is 3.55. The Morgan fingerprint density at radius 2 is 1.85 bits per heavy atom. The first kappa shape index (κ1) is 21.6. The maximum absolute atomic E-state index is 13.7. The average molecular weight is 457 g/mol. The van der Waals surface area contributed by atoms with Gasteiger partial charge in [-0.25, -0.2) is 0 Å². The van der Waals surface area contributed by atoms with Crippen LogP contribution in [0.15, 0.2) is 59.1 Å². The summed E-state index contributed by atoms with van der Waals surface area (Å²) in [7, 11) is 1.63. The fraction of sp³-hybridized carbons (Fsp3) is 0.231. The molecule has 0 fully saturated rings. The lowest BCUT2D eigenvalue weighted by Gasteiger charge is -2.29. The largest absolute Gasteiger partial charge is 0.496 e. The molecule has 0 spiro atoms. The number of aromatic amines is 1.